The maximum absolute atomic E-state index is 11.9. The molecule has 3 aromatic rings. The van der Waals surface area contributed by atoms with Crippen LogP contribution < -0.4 is 4.74 Å². The maximum Gasteiger partial charge on any atom is 0.307 e. The number of esters is 1. The standard InChI is InChI=1S/C18H18N2O3/c1-22-16-8-10-19-18-14(16)9-11-20(18)15(12-17(21)23-2)13-6-4-3-5-7-13/h3-11,15H,12H2,1-2H3/t15-/m0/s1. The number of methoxy groups -OCH3 is 2. The summed E-state index contributed by atoms with van der Waals surface area (Å²) >= 11 is 0. The Labute approximate surface area is 134 Å². The van der Waals surface area contributed by atoms with E-state index in [4.69, 9.17) is 9.47 Å². The molecule has 23 heavy (non-hydrogen) atoms. The Morgan fingerprint density at radius 3 is 2.65 bits per heavy atom. The lowest BCUT2D eigenvalue weighted by Gasteiger charge is -2.19. The zero-order chi connectivity index (χ0) is 16.2. The molecule has 1 atom stereocenters. The summed E-state index contributed by atoms with van der Waals surface area (Å²) in [4.78, 5) is 16.3. The van der Waals surface area contributed by atoms with Crippen molar-refractivity contribution in [3.8, 4) is 5.75 Å². The van der Waals surface area contributed by atoms with Gasteiger partial charge in [0, 0.05) is 12.4 Å². The summed E-state index contributed by atoms with van der Waals surface area (Å²) in [5.74, 6) is 0.502. The molecule has 0 aliphatic rings. The third-order valence-electron chi connectivity index (χ3n) is 3.90. The summed E-state index contributed by atoms with van der Waals surface area (Å²) in [6.45, 7) is 0. The highest BCUT2D eigenvalue weighted by Gasteiger charge is 2.21. The zero-order valence-corrected chi connectivity index (χ0v) is 13.1. The molecule has 0 radical (unpaired) electrons. The second-order valence-electron chi connectivity index (χ2n) is 5.18. The molecule has 118 valence electrons. The summed E-state index contributed by atoms with van der Waals surface area (Å²) in [7, 11) is 3.04. The molecule has 0 bridgehead atoms. The minimum absolute atomic E-state index is 0.180. The molecule has 0 spiro atoms. The van der Waals surface area contributed by atoms with Crippen LogP contribution in [-0.2, 0) is 9.53 Å². The van der Waals surface area contributed by atoms with Crippen molar-refractivity contribution in [1.29, 1.82) is 0 Å². The number of hydrogen-bond acceptors (Lipinski definition) is 4. The van der Waals surface area contributed by atoms with Crippen molar-refractivity contribution in [2.45, 2.75) is 12.5 Å². The monoisotopic (exact) mass is 310 g/mol. The van der Waals surface area contributed by atoms with Crippen molar-refractivity contribution < 1.29 is 14.3 Å². The maximum atomic E-state index is 11.9. The number of aromatic nitrogens is 2. The van der Waals surface area contributed by atoms with Gasteiger partial charge < -0.3 is 14.0 Å². The molecule has 0 fully saturated rings. The van der Waals surface area contributed by atoms with Crippen molar-refractivity contribution in [1.82, 2.24) is 9.55 Å². The Kier molecular flexibility index (Phi) is 4.28. The van der Waals surface area contributed by atoms with Gasteiger partial charge >= 0.3 is 5.97 Å². The molecule has 2 aromatic heterocycles. The van der Waals surface area contributed by atoms with Crippen LogP contribution >= 0.6 is 0 Å². The number of ether oxygens (including phenoxy) is 2. The van der Waals surface area contributed by atoms with E-state index < -0.39 is 0 Å². The third-order valence-corrected chi connectivity index (χ3v) is 3.90. The van der Waals surface area contributed by atoms with Gasteiger partial charge in [-0.05, 0) is 17.7 Å². The van der Waals surface area contributed by atoms with E-state index in [9.17, 15) is 4.79 Å². The molecule has 5 nitrogen and oxygen atoms in total. The average molecular weight is 310 g/mol. The van der Waals surface area contributed by atoms with Crippen molar-refractivity contribution in [2.24, 2.45) is 0 Å². The Morgan fingerprint density at radius 1 is 1.17 bits per heavy atom. The van der Waals surface area contributed by atoms with Gasteiger partial charge in [0.25, 0.3) is 0 Å². The molecule has 0 unspecified atom stereocenters. The van der Waals surface area contributed by atoms with Crippen LogP contribution in [0.25, 0.3) is 11.0 Å². The normalized spacial score (nSPS) is 12.1. The molecule has 0 amide bonds. The van der Waals surface area contributed by atoms with Crippen LogP contribution in [0.15, 0.2) is 54.9 Å². The fraction of sp³-hybridized carbons (Fsp3) is 0.222. The van der Waals surface area contributed by atoms with E-state index in [2.05, 4.69) is 4.98 Å². The number of rotatable bonds is 5. The number of fused-ring (bicyclic) bond motifs is 1. The highest BCUT2D eigenvalue weighted by Crippen LogP contribution is 2.30. The summed E-state index contributed by atoms with van der Waals surface area (Å²) in [5, 5.41) is 0.917. The molecule has 1 aromatic carbocycles. The smallest absolute Gasteiger partial charge is 0.307 e. The predicted octanol–water partition coefficient (Wildman–Crippen LogP) is 3.20. The van der Waals surface area contributed by atoms with Crippen molar-refractivity contribution in [3.63, 3.8) is 0 Å². The highest BCUT2D eigenvalue weighted by molar-refractivity contribution is 5.83. The van der Waals surface area contributed by atoms with Gasteiger partial charge in [0.05, 0.1) is 32.1 Å². The molecule has 3 rings (SSSR count). The van der Waals surface area contributed by atoms with Crippen LogP contribution in [0.1, 0.15) is 18.0 Å². The molecule has 0 saturated heterocycles. The quantitative estimate of drug-likeness (QED) is 0.679. The second kappa shape index (κ2) is 6.52. The highest BCUT2D eigenvalue weighted by atomic mass is 16.5. The van der Waals surface area contributed by atoms with Gasteiger partial charge in [-0.1, -0.05) is 30.3 Å². The van der Waals surface area contributed by atoms with Crippen LogP contribution in [0.3, 0.4) is 0 Å². The van der Waals surface area contributed by atoms with Gasteiger partial charge in [0.1, 0.15) is 11.4 Å². The number of carbonyl (C=O) groups is 1. The Balaban J connectivity index is 2.12. The van der Waals surface area contributed by atoms with Gasteiger partial charge in [0.2, 0.25) is 0 Å². The van der Waals surface area contributed by atoms with Gasteiger partial charge in [-0.15, -0.1) is 0 Å². The van der Waals surface area contributed by atoms with E-state index in [-0.39, 0.29) is 18.4 Å². The molecular formula is C18H18N2O3. The van der Waals surface area contributed by atoms with Crippen LogP contribution in [0, 0.1) is 0 Å². The number of benzene rings is 1. The lowest BCUT2D eigenvalue weighted by atomic mass is 10.0. The second-order valence-corrected chi connectivity index (χ2v) is 5.18. The first kappa shape index (κ1) is 15.1. The minimum Gasteiger partial charge on any atom is -0.496 e. The molecule has 2 heterocycles. The van der Waals surface area contributed by atoms with Crippen LogP contribution in [0.5, 0.6) is 5.75 Å². The zero-order valence-electron chi connectivity index (χ0n) is 13.1. The molecular weight excluding hydrogens is 292 g/mol. The lowest BCUT2D eigenvalue weighted by molar-refractivity contribution is -0.141. The first-order valence-corrected chi connectivity index (χ1v) is 7.36. The third kappa shape index (κ3) is 2.90. The van der Waals surface area contributed by atoms with E-state index in [1.807, 2.05) is 53.2 Å². The molecule has 0 aliphatic carbocycles. The number of nitrogens with zero attached hydrogens (tertiary/aromatic N) is 2. The van der Waals surface area contributed by atoms with Crippen LogP contribution in [-0.4, -0.2) is 29.7 Å². The van der Waals surface area contributed by atoms with Crippen molar-refractivity contribution in [3.05, 3.63) is 60.4 Å². The Morgan fingerprint density at radius 2 is 1.96 bits per heavy atom. The van der Waals surface area contributed by atoms with Crippen LogP contribution in [0.2, 0.25) is 0 Å². The summed E-state index contributed by atoms with van der Waals surface area (Å²) in [6, 6.07) is 13.5. The van der Waals surface area contributed by atoms with Crippen LogP contribution in [0.4, 0.5) is 0 Å². The lowest BCUT2D eigenvalue weighted by Crippen LogP contribution is -2.16. The Hall–Kier alpha value is -2.82. The van der Waals surface area contributed by atoms with Gasteiger partial charge in [-0.3, -0.25) is 4.79 Å². The first-order chi connectivity index (χ1) is 11.2. The van der Waals surface area contributed by atoms with E-state index in [1.54, 1.807) is 13.3 Å². The number of pyridine rings is 1. The van der Waals surface area contributed by atoms with E-state index >= 15 is 0 Å². The van der Waals surface area contributed by atoms with Gasteiger partial charge in [0.15, 0.2) is 0 Å². The minimum atomic E-state index is -0.261. The summed E-state index contributed by atoms with van der Waals surface area (Å²) in [5.41, 5.74) is 1.81. The summed E-state index contributed by atoms with van der Waals surface area (Å²) < 4.78 is 12.2. The molecule has 0 aliphatic heterocycles. The van der Waals surface area contributed by atoms with E-state index in [1.165, 1.54) is 7.11 Å². The van der Waals surface area contributed by atoms with Gasteiger partial charge in [-0.2, -0.15) is 0 Å². The number of hydrogen-bond donors (Lipinski definition) is 0. The summed E-state index contributed by atoms with van der Waals surface area (Å²) in [6.07, 6.45) is 3.88. The predicted molar refractivity (Wildman–Crippen MR) is 87.5 cm³/mol. The fourth-order valence-corrected chi connectivity index (χ4v) is 2.76. The van der Waals surface area contributed by atoms with E-state index in [0.29, 0.717) is 0 Å². The van der Waals surface area contributed by atoms with Crippen molar-refractivity contribution in [2.75, 3.05) is 14.2 Å². The van der Waals surface area contributed by atoms with Crippen molar-refractivity contribution >= 4 is 17.0 Å². The fourth-order valence-electron chi connectivity index (χ4n) is 2.76. The first-order valence-electron chi connectivity index (χ1n) is 7.36. The van der Waals surface area contributed by atoms with Gasteiger partial charge in [-0.25, -0.2) is 4.98 Å². The molecule has 0 N–H and O–H groups in total. The number of carbonyl (C=O) groups excluding carboxylic acids is 1. The molecule has 0 saturated carbocycles. The largest absolute Gasteiger partial charge is 0.496 e. The molecule has 5 heteroatoms. The average Bonchev–Trinajstić information content (AvgIpc) is 3.04. The Bertz CT molecular complexity index is 812. The van der Waals surface area contributed by atoms with E-state index in [0.717, 1.165) is 22.3 Å². The topological polar surface area (TPSA) is 53.4 Å². The SMILES string of the molecule is COC(=O)C[C@@H](c1ccccc1)n1ccc2c(OC)ccnc21.